The Hall–Kier alpha value is -0.950. The maximum atomic E-state index is 11.8. The van der Waals surface area contributed by atoms with Crippen LogP contribution in [0.15, 0.2) is 30.3 Å². The van der Waals surface area contributed by atoms with E-state index in [1.54, 1.807) is 0 Å². The van der Waals surface area contributed by atoms with Crippen LogP contribution in [0.1, 0.15) is 24.4 Å². The van der Waals surface area contributed by atoms with E-state index in [4.69, 9.17) is 4.74 Å². The van der Waals surface area contributed by atoms with E-state index in [0.29, 0.717) is 5.75 Å². The van der Waals surface area contributed by atoms with Gasteiger partial charge in [0, 0.05) is 31.7 Å². The van der Waals surface area contributed by atoms with Crippen LogP contribution in [0.5, 0.6) is 0 Å². The van der Waals surface area contributed by atoms with E-state index in [2.05, 4.69) is 34.5 Å². The van der Waals surface area contributed by atoms with Gasteiger partial charge in [-0.05, 0) is 18.4 Å². The number of sulfone groups is 1. The van der Waals surface area contributed by atoms with E-state index >= 15 is 0 Å². The molecule has 2 aliphatic heterocycles. The van der Waals surface area contributed by atoms with Gasteiger partial charge < -0.3 is 10.1 Å². The summed E-state index contributed by atoms with van der Waals surface area (Å²) in [6.07, 6.45) is 1.72. The minimum atomic E-state index is -2.87. The maximum absolute atomic E-state index is 11.8. The summed E-state index contributed by atoms with van der Waals surface area (Å²) < 4.78 is 29.1. The highest BCUT2D eigenvalue weighted by Gasteiger charge is 2.27. The van der Waals surface area contributed by atoms with Crippen molar-refractivity contribution in [2.45, 2.75) is 24.9 Å². The predicted octanol–water partition coefficient (Wildman–Crippen LogP) is 1.23. The van der Waals surface area contributed by atoms with E-state index in [9.17, 15) is 8.42 Å². The van der Waals surface area contributed by atoms with Crippen LogP contribution in [0.3, 0.4) is 0 Å². The Morgan fingerprint density at radius 3 is 2.65 bits per heavy atom. The fraction of sp³-hybridized carbons (Fsp3) is 0.647. The van der Waals surface area contributed by atoms with Gasteiger partial charge in [0.1, 0.15) is 0 Å². The molecule has 2 aliphatic rings. The molecule has 2 fully saturated rings. The third-order valence-corrected chi connectivity index (χ3v) is 6.55. The molecule has 0 saturated carbocycles. The highest BCUT2D eigenvalue weighted by atomic mass is 32.2. The first-order valence-electron chi connectivity index (χ1n) is 8.45. The van der Waals surface area contributed by atoms with Gasteiger partial charge in [0.25, 0.3) is 0 Å². The molecular formula is C17H26N2O3S. The molecule has 2 heterocycles. The molecular weight excluding hydrogens is 312 g/mol. The van der Waals surface area contributed by atoms with Crippen LogP contribution in [0.2, 0.25) is 0 Å². The lowest BCUT2D eigenvalue weighted by molar-refractivity contribution is 0.0157. The lowest BCUT2D eigenvalue weighted by atomic mass is 10.0. The van der Waals surface area contributed by atoms with Gasteiger partial charge in [-0.15, -0.1) is 0 Å². The number of hydrogen-bond donors (Lipinski definition) is 1. The molecule has 128 valence electrons. The van der Waals surface area contributed by atoms with Crippen LogP contribution in [0.25, 0.3) is 0 Å². The molecule has 0 aromatic heterocycles. The average Bonchev–Trinajstić information content (AvgIpc) is 2.56. The summed E-state index contributed by atoms with van der Waals surface area (Å²) in [7, 11) is -2.87. The van der Waals surface area contributed by atoms with Gasteiger partial charge in [0.2, 0.25) is 0 Å². The number of rotatable bonds is 5. The Kier molecular flexibility index (Phi) is 5.69. The van der Waals surface area contributed by atoms with E-state index in [0.717, 1.165) is 45.7 Å². The Morgan fingerprint density at radius 2 is 1.96 bits per heavy atom. The van der Waals surface area contributed by atoms with Crippen LogP contribution < -0.4 is 5.32 Å². The molecule has 0 spiro atoms. The van der Waals surface area contributed by atoms with Crippen molar-refractivity contribution < 1.29 is 13.2 Å². The topological polar surface area (TPSA) is 58.6 Å². The second-order valence-electron chi connectivity index (χ2n) is 6.44. The average molecular weight is 338 g/mol. The van der Waals surface area contributed by atoms with Crippen molar-refractivity contribution in [3.05, 3.63) is 35.9 Å². The molecule has 0 amide bonds. The number of nitrogens with one attached hydrogen (secondary N) is 1. The third kappa shape index (κ3) is 4.76. The normalized spacial score (nSPS) is 26.7. The SMILES string of the molecule is O=S1(=O)CCC[C@H](NC[C@@H](c2ccccc2)N2CCOCC2)C1. The van der Waals surface area contributed by atoms with Crippen molar-refractivity contribution in [2.75, 3.05) is 44.4 Å². The Labute approximate surface area is 138 Å². The van der Waals surface area contributed by atoms with Crippen LogP contribution in [-0.2, 0) is 14.6 Å². The zero-order chi connectivity index (χ0) is 16.1. The highest BCUT2D eigenvalue weighted by molar-refractivity contribution is 7.91. The second-order valence-corrected chi connectivity index (χ2v) is 8.67. The van der Waals surface area contributed by atoms with Crippen molar-refractivity contribution in [3.63, 3.8) is 0 Å². The van der Waals surface area contributed by atoms with Gasteiger partial charge in [-0.2, -0.15) is 0 Å². The van der Waals surface area contributed by atoms with Gasteiger partial charge in [-0.25, -0.2) is 8.42 Å². The van der Waals surface area contributed by atoms with E-state index < -0.39 is 9.84 Å². The molecule has 23 heavy (non-hydrogen) atoms. The molecule has 1 aromatic carbocycles. The minimum Gasteiger partial charge on any atom is -0.379 e. The van der Waals surface area contributed by atoms with Crippen LogP contribution in [0, 0.1) is 0 Å². The van der Waals surface area contributed by atoms with Gasteiger partial charge >= 0.3 is 0 Å². The highest BCUT2D eigenvalue weighted by Crippen LogP contribution is 2.22. The van der Waals surface area contributed by atoms with Crippen LogP contribution in [-0.4, -0.2) is 63.7 Å². The molecule has 2 atom stereocenters. The van der Waals surface area contributed by atoms with Crippen molar-refractivity contribution >= 4 is 9.84 Å². The van der Waals surface area contributed by atoms with E-state index in [-0.39, 0.29) is 17.8 Å². The molecule has 1 aromatic rings. The van der Waals surface area contributed by atoms with Crippen molar-refractivity contribution in [1.29, 1.82) is 0 Å². The van der Waals surface area contributed by atoms with Crippen molar-refractivity contribution in [1.82, 2.24) is 10.2 Å². The van der Waals surface area contributed by atoms with E-state index in [1.807, 2.05) is 6.07 Å². The molecule has 0 unspecified atom stereocenters. The Bertz CT molecular complexity index is 585. The number of nitrogens with zero attached hydrogens (tertiary/aromatic N) is 1. The van der Waals surface area contributed by atoms with Gasteiger partial charge in [-0.1, -0.05) is 30.3 Å². The number of morpholine rings is 1. The number of hydrogen-bond acceptors (Lipinski definition) is 5. The number of benzene rings is 1. The lowest BCUT2D eigenvalue weighted by Gasteiger charge is -2.36. The standard InChI is InChI=1S/C17H26N2O3S/c20-23(21)12-4-7-16(14-23)18-13-17(15-5-2-1-3-6-15)19-8-10-22-11-9-19/h1-3,5-6,16-18H,4,7-14H2/t16-,17-/m0/s1. The molecule has 3 rings (SSSR count). The fourth-order valence-electron chi connectivity index (χ4n) is 3.48. The van der Waals surface area contributed by atoms with Crippen molar-refractivity contribution in [2.24, 2.45) is 0 Å². The summed E-state index contributed by atoms with van der Waals surface area (Å²) in [4.78, 5) is 2.43. The molecule has 0 radical (unpaired) electrons. The first-order valence-corrected chi connectivity index (χ1v) is 10.3. The van der Waals surface area contributed by atoms with Crippen LogP contribution >= 0.6 is 0 Å². The lowest BCUT2D eigenvalue weighted by Crippen LogP contribution is -2.47. The zero-order valence-electron chi connectivity index (χ0n) is 13.5. The summed E-state index contributed by atoms with van der Waals surface area (Å²) in [5, 5.41) is 3.51. The first-order chi connectivity index (χ1) is 11.1. The molecule has 2 saturated heterocycles. The molecule has 0 aliphatic carbocycles. The summed E-state index contributed by atoms with van der Waals surface area (Å²) in [6, 6.07) is 10.8. The Morgan fingerprint density at radius 1 is 1.22 bits per heavy atom. The monoisotopic (exact) mass is 338 g/mol. The van der Waals surface area contributed by atoms with Crippen LogP contribution in [0.4, 0.5) is 0 Å². The Balaban J connectivity index is 1.66. The molecule has 0 bridgehead atoms. The van der Waals surface area contributed by atoms with Crippen molar-refractivity contribution in [3.8, 4) is 0 Å². The largest absolute Gasteiger partial charge is 0.379 e. The second kappa shape index (κ2) is 7.75. The van der Waals surface area contributed by atoms with E-state index in [1.165, 1.54) is 5.56 Å². The number of ether oxygens (including phenoxy) is 1. The molecule has 1 N–H and O–H groups in total. The molecule has 5 nitrogen and oxygen atoms in total. The molecule has 6 heteroatoms. The smallest absolute Gasteiger partial charge is 0.151 e. The fourth-order valence-corrected chi connectivity index (χ4v) is 5.15. The summed E-state index contributed by atoms with van der Waals surface area (Å²) in [5.74, 6) is 0.619. The maximum Gasteiger partial charge on any atom is 0.151 e. The third-order valence-electron chi connectivity index (χ3n) is 4.73. The minimum absolute atomic E-state index is 0.0843. The summed E-state index contributed by atoms with van der Waals surface area (Å²) in [6.45, 7) is 4.15. The van der Waals surface area contributed by atoms with Gasteiger partial charge in [-0.3, -0.25) is 4.90 Å². The van der Waals surface area contributed by atoms with Gasteiger partial charge in [0.15, 0.2) is 9.84 Å². The zero-order valence-corrected chi connectivity index (χ0v) is 14.3. The summed E-state index contributed by atoms with van der Waals surface area (Å²) >= 11 is 0. The summed E-state index contributed by atoms with van der Waals surface area (Å²) in [5.41, 5.74) is 1.28. The quantitative estimate of drug-likeness (QED) is 0.875. The van der Waals surface area contributed by atoms with Gasteiger partial charge in [0.05, 0.1) is 24.7 Å². The first kappa shape index (κ1) is 16.9. The predicted molar refractivity (Wildman–Crippen MR) is 91.3 cm³/mol.